The quantitative estimate of drug-likeness (QED) is 0.602. The van der Waals surface area contributed by atoms with Gasteiger partial charge in [0.1, 0.15) is 17.4 Å². The molecule has 0 radical (unpaired) electrons. The van der Waals surface area contributed by atoms with Crippen LogP contribution in [0.2, 0.25) is 10.0 Å². The number of benzene rings is 2. The first-order valence-electron chi connectivity index (χ1n) is 5.79. The smallest absolute Gasteiger partial charge is 0.288 e. The minimum Gasteiger partial charge on any atom is -0.487 e. The van der Waals surface area contributed by atoms with Crippen LogP contribution in [0.1, 0.15) is 11.1 Å². The van der Waals surface area contributed by atoms with Crippen LogP contribution in [0.15, 0.2) is 36.4 Å². The van der Waals surface area contributed by atoms with Crippen molar-refractivity contribution in [3.8, 4) is 5.75 Å². The van der Waals surface area contributed by atoms with Gasteiger partial charge in [-0.15, -0.1) is 0 Å². The standard InChI is InChI=1S/C14H11Cl2NO3/c1-9-2-4-12(16)14(6-9)20-8-10-3-5-11(15)13(7-10)17(18)19/h2-7H,8H2,1H3. The molecule has 0 aliphatic carbocycles. The van der Waals surface area contributed by atoms with Crippen LogP contribution in [0, 0.1) is 17.0 Å². The first kappa shape index (κ1) is 14.6. The SMILES string of the molecule is Cc1ccc(Cl)c(OCc2ccc(Cl)c([N+](=O)[O-])c2)c1. The van der Waals surface area contributed by atoms with Crippen molar-refractivity contribution in [2.75, 3.05) is 0 Å². The number of aryl methyl sites for hydroxylation is 1. The van der Waals surface area contributed by atoms with Gasteiger partial charge in [-0.25, -0.2) is 0 Å². The molecule has 0 saturated heterocycles. The van der Waals surface area contributed by atoms with Crippen LogP contribution in [0.25, 0.3) is 0 Å². The van der Waals surface area contributed by atoms with Crippen LogP contribution in [0.3, 0.4) is 0 Å². The highest BCUT2D eigenvalue weighted by atomic mass is 35.5. The molecule has 0 bridgehead atoms. The monoisotopic (exact) mass is 311 g/mol. The Bertz CT molecular complexity index is 659. The molecule has 6 heteroatoms. The summed E-state index contributed by atoms with van der Waals surface area (Å²) in [7, 11) is 0. The highest BCUT2D eigenvalue weighted by Gasteiger charge is 2.13. The Balaban J connectivity index is 2.17. The topological polar surface area (TPSA) is 52.4 Å². The number of nitrogens with zero attached hydrogens (tertiary/aromatic N) is 1. The van der Waals surface area contributed by atoms with Gasteiger partial charge < -0.3 is 4.74 Å². The summed E-state index contributed by atoms with van der Waals surface area (Å²) < 4.78 is 5.58. The second-order valence-electron chi connectivity index (χ2n) is 4.27. The van der Waals surface area contributed by atoms with Crippen LogP contribution in [-0.2, 0) is 6.61 Å². The fraction of sp³-hybridized carbons (Fsp3) is 0.143. The number of ether oxygens (including phenoxy) is 1. The van der Waals surface area contributed by atoms with Crippen molar-refractivity contribution in [2.24, 2.45) is 0 Å². The largest absolute Gasteiger partial charge is 0.487 e. The van der Waals surface area contributed by atoms with E-state index >= 15 is 0 Å². The van der Waals surface area contributed by atoms with Crippen molar-refractivity contribution < 1.29 is 9.66 Å². The number of rotatable bonds is 4. The zero-order valence-electron chi connectivity index (χ0n) is 10.6. The van der Waals surface area contributed by atoms with Crippen molar-refractivity contribution in [1.82, 2.24) is 0 Å². The molecule has 0 aromatic heterocycles. The molecule has 0 N–H and O–H groups in total. The lowest BCUT2D eigenvalue weighted by atomic mass is 10.2. The third kappa shape index (κ3) is 3.40. The Morgan fingerprint density at radius 1 is 1.15 bits per heavy atom. The van der Waals surface area contributed by atoms with Gasteiger partial charge in [-0.2, -0.15) is 0 Å². The fourth-order valence-electron chi connectivity index (χ4n) is 1.67. The zero-order valence-corrected chi connectivity index (χ0v) is 12.1. The molecule has 0 atom stereocenters. The first-order chi connectivity index (χ1) is 9.47. The second kappa shape index (κ2) is 6.11. The van der Waals surface area contributed by atoms with Crippen LogP contribution >= 0.6 is 23.2 Å². The summed E-state index contributed by atoms with van der Waals surface area (Å²) in [4.78, 5) is 10.3. The highest BCUT2D eigenvalue weighted by molar-refractivity contribution is 6.32. The van der Waals surface area contributed by atoms with Crippen molar-refractivity contribution in [3.05, 3.63) is 67.7 Å². The summed E-state index contributed by atoms with van der Waals surface area (Å²) in [5.74, 6) is 0.546. The molecule has 0 aliphatic rings. The molecule has 0 unspecified atom stereocenters. The van der Waals surface area contributed by atoms with E-state index in [4.69, 9.17) is 27.9 Å². The molecule has 20 heavy (non-hydrogen) atoms. The molecule has 2 aromatic rings. The molecule has 0 aliphatic heterocycles. The van der Waals surface area contributed by atoms with E-state index in [2.05, 4.69) is 0 Å². The van der Waals surface area contributed by atoms with E-state index in [1.54, 1.807) is 12.1 Å². The molecular formula is C14H11Cl2NO3. The van der Waals surface area contributed by atoms with Gasteiger partial charge in [0.15, 0.2) is 0 Å². The van der Waals surface area contributed by atoms with Crippen molar-refractivity contribution in [1.29, 1.82) is 0 Å². The average Bonchev–Trinajstić information content (AvgIpc) is 2.41. The molecule has 4 nitrogen and oxygen atoms in total. The molecule has 2 rings (SSSR count). The number of hydrogen-bond acceptors (Lipinski definition) is 3. The maximum atomic E-state index is 10.8. The number of nitro benzene ring substituents is 1. The number of halogens is 2. The molecular weight excluding hydrogens is 301 g/mol. The number of hydrogen-bond donors (Lipinski definition) is 0. The Morgan fingerprint density at radius 2 is 1.85 bits per heavy atom. The van der Waals surface area contributed by atoms with Gasteiger partial charge in [-0.1, -0.05) is 35.3 Å². The van der Waals surface area contributed by atoms with E-state index in [1.165, 1.54) is 12.1 Å². The predicted octanol–water partition coefficient (Wildman–Crippen LogP) is 4.79. The first-order valence-corrected chi connectivity index (χ1v) is 6.55. The third-order valence-electron chi connectivity index (χ3n) is 2.69. The maximum Gasteiger partial charge on any atom is 0.288 e. The van der Waals surface area contributed by atoms with E-state index in [0.717, 1.165) is 5.56 Å². The van der Waals surface area contributed by atoms with Crippen LogP contribution < -0.4 is 4.74 Å². The van der Waals surface area contributed by atoms with E-state index in [-0.39, 0.29) is 17.3 Å². The molecule has 0 heterocycles. The summed E-state index contributed by atoms with van der Waals surface area (Å²) >= 11 is 11.8. The Morgan fingerprint density at radius 3 is 2.55 bits per heavy atom. The van der Waals surface area contributed by atoms with E-state index in [0.29, 0.717) is 16.3 Å². The van der Waals surface area contributed by atoms with Gasteiger partial charge in [0.2, 0.25) is 0 Å². The summed E-state index contributed by atoms with van der Waals surface area (Å²) in [6, 6.07) is 9.99. The lowest BCUT2D eigenvalue weighted by molar-refractivity contribution is -0.384. The van der Waals surface area contributed by atoms with E-state index in [1.807, 2.05) is 19.1 Å². The van der Waals surface area contributed by atoms with Crippen LogP contribution in [-0.4, -0.2) is 4.92 Å². The van der Waals surface area contributed by atoms with E-state index < -0.39 is 4.92 Å². The van der Waals surface area contributed by atoms with Gasteiger partial charge in [-0.3, -0.25) is 10.1 Å². The lowest BCUT2D eigenvalue weighted by Gasteiger charge is -2.09. The Hall–Kier alpha value is -1.78. The zero-order chi connectivity index (χ0) is 14.7. The van der Waals surface area contributed by atoms with Gasteiger partial charge in [0.05, 0.1) is 9.95 Å². The Kier molecular flexibility index (Phi) is 4.47. The summed E-state index contributed by atoms with van der Waals surface area (Å²) in [6.45, 7) is 2.11. The predicted molar refractivity (Wildman–Crippen MR) is 78.6 cm³/mol. The molecule has 104 valence electrons. The van der Waals surface area contributed by atoms with Crippen molar-refractivity contribution in [3.63, 3.8) is 0 Å². The van der Waals surface area contributed by atoms with Crippen molar-refractivity contribution >= 4 is 28.9 Å². The van der Waals surface area contributed by atoms with Gasteiger partial charge >= 0.3 is 0 Å². The highest BCUT2D eigenvalue weighted by Crippen LogP contribution is 2.28. The molecule has 0 fully saturated rings. The maximum absolute atomic E-state index is 10.8. The third-order valence-corrected chi connectivity index (χ3v) is 3.32. The second-order valence-corrected chi connectivity index (χ2v) is 5.08. The molecule has 2 aromatic carbocycles. The summed E-state index contributed by atoms with van der Waals surface area (Å²) in [6.07, 6.45) is 0. The van der Waals surface area contributed by atoms with Gasteiger partial charge in [0.25, 0.3) is 5.69 Å². The van der Waals surface area contributed by atoms with Crippen molar-refractivity contribution in [2.45, 2.75) is 13.5 Å². The minimum atomic E-state index is -0.522. The normalized spacial score (nSPS) is 10.3. The fourth-order valence-corrected chi connectivity index (χ4v) is 2.03. The van der Waals surface area contributed by atoms with Crippen LogP contribution in [0.4, 0.5) is 5.69 Å². The average molecular weight is 312 g/mol. The van der Waals surface area contributed by atoms with Gasteiger partial charge in [0, 0.05) is 6.07 Å². The van der Waals surface area contributed by atoms with Gasteiger partial charge in [-0.05, 0) is 36.2 Å². The van der Waals surface area contributed by atoms with Crippen LogP contribution in [0.5, 0.6) is 5.75 Å². The minimum absolute atomic E-state index is 0.104. The van der Waals surface area contributed by atoms with E-state index in [9.17, 15) is 10.1 Å². The number of nitro groups is 1. The molecule has 0 spiro atoms. The summed E-state index contributed by atoms with van der Waals surface area (Å²) in [5.41, 5.74) is 1.54. The molecule has 0 amide bonds. The lowest BCUT2D eigenvalue weighted by Crippen LogP contribution is -1.98. The Labute approximate surface area is 126 Å². The molecule has 0 saturated carbocycles. The summed E-state index contributed by atoms with van der Waals surface area (Å²) in [5, 5.41) is 11.4.